The van der Waals surface area contributed by atoms with Crippen molar-refractivity contribution < 1.29 is 28.9 Å². The van der Waals surface area contributed by atoms with Crippen molar-refractivity contribution in [2.24, 2.45) is 0 Å². The molecule has 0 bridgehead atoms. The topological polar surface area (TPSA) is 85.3 Å². The average molecular weight is 466 g/mol. The van der Waals surface area contributed by atoms with Crippen LogP contribution < -0.4 is 9.47 Å². The van der Waals surface area contributed by atoms with Gasteiger partial charge in [0, 0.05) is 13.7 Å². The molecule has 1 amide bonds. The van der Waals surface area contributed by atoms with Gasteiger partial charge in [-0.1, -0.05) is 49.4 Å². The third kappa shape index (κ3) is 5.66. The van der Waals surface area contributed by atoms with Crippen molar-refractivity contribution >= 4 is 17.8 Å². The molecule has 0 aromatic heterocycles. The van der Waals surface area contributed by atoms with Crippen LogP contribution >= 0.6 is 0 Å². The number of methoxy groups -OCH3 is 1. The van der Waals surface area contributed by atoms with Crippen LogP contribution in [0.2, 0.25) is 0 Å². The van der Waals surface area contributed by atoms with Crippen LogP contribution in [0.1, 0.15) is 37.4 Å². The fraction of sp³-hybridized carbons (Fsp3) is 0.333. The molecule has 34 heavy (non-hydrogen) atoms. The highest BCUT2D eigenvalue weighted by Gasteiger charge is 2.43. The number of aliphatic hydroxyl groups is 1. The first-order valence-corrected chi connectivity index (χ1v) is 11.4. The highest BCUT2D eigenvalue weighted by atomic mass is 16.5. The molecule has 0 spiro atoms. The highest BCUT2D eigenvalue weighted by Crippen LogP contribution is 2.41. The van der Waals surface area contributed by atoms with Gasteiger partial charge in [-0.2, -0.15) is 0 Å². The number of hydrogen-bond donors (Lipinski definition) is 1. The summed E-state index contributed by atoms with van der Waals surface area (Å²) < 4.78 is 16.7. The number of ether oxygens (including phenoxy) is 3. The lowest BCUT2D eigenvalue weighted by molar-refractivity contribution is -0.130. The largest absolute Gasteiger partial charge is 0.503 e. The fourth-order valence-electron chi connectivity index (χ4n) is 3.79. The van der Waals surface area contributed by atoms with Crippen LogP contribution in [0.5, 0.6) is 11.5 Å². The van der Waals surface area contributed by atoms with E-state index in [4.69, 9.17) is 14.2 Å². The van der Waals surface area contributed by atoms with Gasteiger partial charge < -0.3 is 24.2 Å². The zero-order chi connectivity index (χ0) is 24.5. The maximum Gasteiger partial charge on any atom is 0.290 e. The van der Waals surface area contributed by atoms with Gasteiger partial charge in [-0.3, -0.25) is 9.59 Å². The van der Waals surface area contributed by atoms with Crippen LogP contribution in [0.3, 0.4) is 0 Å². The van der Waals surface area contributed by atoms with Gasteiger partial charge in [0.2, 0.25) is 0 Å². The summed E-state index contributed by atoms with van der Waals surface area (Å²) >= 11 is 0. The molecule has 1 aliphatic rings. The van der Waals surface area contributed by atoms with Gasteiger partial charge in [-0.15, -0.1) is 0 Å². The first-order chi connectivity index (χ1) is 16.5. The number of carbonyl (C=O) groups excluding carboxylic acids is 2. The molecule has 1 atom stereocenters. The molecule has 1 heterocycles. The second-order valence-electron chi connectivity index (χ2n) is 7.75. The Morgan fingerprint density at radius 3 is 2.50 bits per heavy atom. The van der Waals surface area contributed by atoms with Crippen LogP contribution in [0.25, 0.3) is 6.08 Å². The second-order valence-corrected chi connectivity index (χ2v) is 7.75. The van der Waals surface area contributed by atoms with E-state index in [2.05, 4.69) is 0 Å². The van der Waals surface area contributed by atoms with Crippen LogP contribution in [0.15, 0.2) is 65.9 Å². The van der Waals surface area contributed by atoms with Gasteiger partial charge in [0.25, 0.3) is 5.91 Å². The van der Waals surface area contributed by atoms with Crippen molar-refractivity contribution in [1.82, 2.24) is 4.90 Å². The standard InChI is InChI=1S/C27H31NO6/c1-4-16-34-22-14-12-20(18-23(22)33-5-2)25-24(26(30)27(31)28(25)15-17-32-3)21(29)13-11-19-9-7-6-8-10-19/h6-14,18,25,30H,4-5,15-17H2,1-3H3/b13-11+. The molecule has 3 rings (SSSR count). The maximum atomic E-state index is 13.2. The van der Waals surface area contributed by atoms with Gasteiger partial charge >= 0.3 is 0 Å². The first-order valence-electron chi connectivity index (χ1n) is 11.4. The smallest absolute Gasteiger partial charge is 0.290 e. The molecule has 1 N–H and O–H groups in total. The Kier molecular flexibility index (Phi) is 8.87. The molecule has 2 aromatic rings. The van der Waals surface area contributed by atoms with Crippen molar-refractivity contribution in [3.63, 3.8) is 0 Å². The van der Waals surface area contributed by atoms with Gasteiger partial charge in [0.15, 0.2) is 23.0 Å². The third-order valence-corrected chi connectivity index (χ3v) is 5.38. The Bertz CT molecular complexity index is 1060. The van der Waals surface area contributed by atoms with Crippen molar-refractivity contribution in [2.45, 2.75) is 26.3 Å². The first kappa shape index (κ1) is 25.1. The van der Waals surface area contributed by atoms with E-state index in [0.29, 0.717) is 30.3 Å². The Morgan fingerprint density at radius 2 is 1.82 bits per heavy atom. The predicted molar refractivity (Wildman–Crippen MR) is 130 cm³/mol. The summed E-state index contributed by atoms with van der Waals surface area (Å²) in [6, 6.07) is 13.9. The van der Waals surface area contributed by atoms with E-state index in [9.17, 15) is 14.7 Å². The summed E-state index contributed by atoms with van der Waals surface area (Å²) in [5.74, 6) is -0.490. The van der Waals surface area contributed by atoms with E-state index in [1.54, 1.807) is 24.3 Å². The van der Waals surface area contributed by atoms with Crippen molar-refractivity contribution in [3.05, 3.63) is 77.1 Å². The summed E-state index contributed by atoms with van der Waals surface area (Å²) in [7, 11) is 1.53. The minimum absolute atomic E-state index is 0.0259. The molecule has 0 fully saturated rings. The van der Waals surface area contributed by atoms with E-state index in [-0.39, 0.29) is 18.7 Å². The number of allylic oxidation sites excluding steroid dienone is 1. The lowest BCUT2D eigenvalue weighted by atomic mass is 9.95. The van der Waals surface area contributed by atoms with Crippen LogP contribution in [-0.2, 0) is 14.3 Å². The Balaban J connectivity index is 2.02. The molecule has 0 aliphatic carbocycles. The van der Waals surface area contributed by atoms with Crippen LogP contribution in [0, 0.1) is 0 Å². The summed E-state index contributed by atoms with van der Waals surface area (Å²) in [4.78, 5) is 27.6. The average Bonchev–Trinajstić information content (AvgIpc) is 3.11. The molecule has 0 radical (unpaired) electrons. The van der Waals surface area contributed by atoms with Gasteiger partial charge in [-0.05, 0) is 42.7 Å². The number of rotatable bonds is 12. The Labute approximate surface area is 200 Å². The van der Waals surface area contributed by atoms with E-state index >= 15 is 0 Å². The fourth-order valence-corrected chi connectivity index (χ4v) is 3.79. The predicted octanol–water partition coefficient (Wildman–Crippen LogP) is 4.50. The number of amides is 1. The molecule has 1 aliphatic heterocycles. The normalized spacial score (nSPS) is 15.9. The molecule has 1 unspecified atom stereocenters. The zero-order valence-corrected chi connectivity index (χ0v) is 19.8. The van der Waals surface area contributed by atoms with Crippen LogP contribution in [0.4, 0.5) is 0 Å². The molecular weight excluding hydrogens is 434 g/mol. The van der Waals surface area contributed by atoms with Gasteiger partial charge in [0.1, 0.15) is 0 Å². The summed E-state index contributed by atoms with van der Waals surface area (Å²) in [6.07, 6.45) is 3.89. The van der Waals surface area contributed by atoms with Crippen molar-refractivity contribution in [1.29, 1.82) is 0 Å². The van der Waals surface area contributed by atoms with Gasteiger partial charge in [-0.25, -0.2) is 0 Å². The van der Waals surface area contributed by atoms with E-state index < -0.39 is 23.5 Å². The van der Waals surface area contributed by atoms with E-state index in [0.717, 1.165) is 12.0 Å². The number of benzene rings is 2. The zero-order valence-electron chi connectivity index (χ0n) is 19.8. The highest BCUT2D eigenvalue weighted by molar-refractivity contribution is 6.14. The van der Waals surface area contributed by atoms with Gasteiger partial charge in [0.05, 0.1) is 31.4 Å². The molecule has 2 aromatic carbocycles. The van der Waals surface area contributed by atoms with E-state index in [1.807, 2.05) is 44.2 Å². The number of hydrogen-bond acceptors (Lipinski definition) is 6. The van der Waals surface area contributed by atoms with E-state index in [1.165, 1.54) is 18.1 Å². The Hall–Kier alpha value is -3.58. The lowest BCUT2D eigenvalue weighted by Gasteiger charge is -2.27. The summed E-state index contributed by atoms with van der Waals surface area (Å²) in [6.45, 7) is 5.32. The molecule has 0 saturated heterocycles. The lowest BCUT2D eigenvalue weighted by Crippen LogP contribution is -2.33. The molecule has 7 nitrogen and oxygen atoms in total. The maximum absolute atomic E-state index is 13.2. The molecule has 7 heteroatoms. The van der Waals surface area contributed by atoms with Crippen LogP contribution in [-0.4, -0.2) is 55.2 Å². The van der Waals surface area contributed by atoms with Crippen molar-refractivity contribution in [3.8, 4) is 11.5 Å². The SMILES string of the molecule is CCCOc1ccc(C2C(C(=O)/C=C/c3ccccc3)=C(O)C(=O)N2CCOC)cc1OCC. The monoisotopic (exact) mass is 465 g/mol. The summed E-state index contributed by atoms with van der Waals surface area (Å²) in [5, 5.41) is 10.7. The minimum atomic E-state index is -0.782. The third-order valence-electron chi connectivity index (χ3n) is 5.38. The number of carbonyl (C=O) groups is 2. The molecular formula is C27H31NO6. The number of nitrogens with zero attached hydrogens (tertiary/aromatic N) is 1. The molecule has 180 valence electrons. The molecule has 0 saturated carbocycles. The number of ketones is 1. The Morgan fingerprint density at radius 1 is 1.06 bits per heavy atom. The minimum Gasteiger partial charge on any atom is -0.503 e. The summed E-state index contributed by atoms with van der Waals surface area (Å²) in [5.41, 5.74) is 1.50. The van der Waals surface area contributed by atoms with Crippen molar-refractivity contribution in [2.75, 3.05) is 33.5 Å². The number of aliphatic hydroxyl groups excluding tert-OH is 1. The quantitative estimate of drug-likeness (QED) is 0.465. The second kappa shape index (κ2) is 12.0.